The number of benzene rings is 1. The van der Waals surface area contributed by atoms with Crippen LogP contribution in [0, 0.1) is 0 Å². The molecule has 0 bridgehead atoms. The third-order valence-electron chi connectivity index (χ3n) is 2.76. The zero-order chi connectivity index (χ0) is 15.4. The molecule has 0 fully saturated rings. The third kappa shape index (κ3) is 3.74. The van der Waals surface area contributed by atoms with E-state index < -0.39 is 5.97 Å². The quantitative estimate of drug-likeness (QED) is 0.768. The SMILES string of the molecule is COC(=O)c1ccc(Cl)c(OCCC2OC=C(C)O2)c1Cl. The van der Waals surface area contributed by atoms with Crippen LogP contribution in [0.4, 0.5) is 0 Å². The number of hydrogen-bond donors (Lipinski definition) is 0. The average molecular weight is 333 g/mol. The van der Waals surface area contributed by atoms with Crippen LogP contribution in [0.5, 0.6) is 5.75 Å². The van der Waals surface area contributed by atoms with Gasteiger partial charge in [0, 0.05) is 0 Å². The van der Waals surface area contributed by atoms with Crippen molar-refractivity contribution in [2.75, 3.05) is 13.7 Å². The van der Waals surface area contributed by atoms with Crippen molar-refractivity contribution in [2.45, 2.75) is 19.6 Å². The molecule has 5 nitrogen and oxygen atoms in total. The Balaban J connectivity index is 2.00. The zero-order valence-corrected chi connectivity index (χ0v) is 13.0. The molecule has 21 heavy (non-hydrogen) atoms. The van der Waals surface area contributed by atoms with Crippen molar-refractivity contribution in [3.63, 3.8) is 0 Å². The lowest BCUT2D eigenvalue weighted by atomic mass is 10.2. The molecule has 1 aliphatic heterocycles. The van der Waals surface area contributed by atoms with E-state index in [0.29, 0.717) is 17.2 Å². The Labute approximate surface area is 132 Å². The molecule has 1 atom stereocenters. The van der Waals surface area contributed by atoms with Crippen LogP contribution in [0.3, 0.4) is 0 Å². The maximum Gasteiger partial charge on any atom is 0.339 e. The van der Waals surface area contributed by atoms with Crippen LogP contribution in [0.15, 0.2) is 24.2 Å². The van der Waals surface area contributed by atoms with Gasteiger partial charge in [-0.15, -0.1) is 0 Å². The summed E-state index contributed by atoms with van der Waals surface area (Å²) in [5.74, 6) is 0.400. The largest absolute Gasteiger partial charge is 0.490 e. The smallest absolute Gasteiger partial charge is 0.339 e. The Morgan fingerprint density at radius 3 is 2.76 bits per heavy atom. The predicted molar refractivity (Wildman–Crippen MR) is 77.6 cm³/mol. The van der Waals surface area contributed by atoms with Crippen molar-refractivity contribution in [3.8, 4) is 5.75 Å². The molecule has 0 aliphatic carbocycles. The van der Waals surface area contributed by atoms with Gasteiger partial charge in [-0.3, -0.25) is 0 Å². The van der Waals surface area contributed by atoms with E-state index in [9.17, 15) is 4.79 Å². The average Bonchev–Trinajstić information content (AvgIpc) is 2.87. The topological polar surface area (TPSA) is 54.0 Å². The number of hydrogen-bond acceptors (Lipinski definition) is 5. The van der Waals surface area contributed by atoms with E-state index in [1.807, 2.05) is 0 Å². The van der Waals surface area contributed by atoms with Crippen LogP contribution >= 0.6 is 23.2 Å². The predicted octanol–water partition coefficient (Wildman–Crippen LogP) is 3.78. The molecule has 7 heteroatoms. The number of carbonyl (C=O) groups is 1. The zero-order valence-electron chi connectivity index (χ0n) is 11.5. The number of halogens is 2. The molecular formula is C14H14Cl2O5. The van der Waals surface area contributed by atoms with Crippen LogP contribution < -0.4 is 4.74 Å². The molecule has 2 rings (SSSR count). The molecular weight excluding hydrogens is 319 g/mol. The number of carbonyl (C=O) groups excluding carboxylic acids is 1. The van der Waals surface area contributed by atoms with Crippen LogP contribution in [0.1, 0.15) is 23.7 Å². The second-order valence-electron chi connectivity index (χ2n) is 4.28. The normalized spacial score (nSPS) is 16.8. The van der Waals surface area contributed by atoms with Gasteiger partial charge >= 0.3 is 5.97 Å². The van der Waals surface area contributed by atoms with Crippen LogP contribution in [0.25, 0.3) is 0 Å². The molecule has 1 heterocycles. The fourth-order valence-corrected chi connectivity index (χ4v) is 2.31. The first-order valence-corrected chi connectivity index (χ1v) is 6.96. The Hall–Kier alpha value is -1.59. The second-order valence-corrected chi connectivity index (χ2v) is 5.06. The van der Waals surface area contributed by atoms with E-state index >= 15 is 0 Å². The Bertz CT molecular complexity index is 571. The first-order chi connectivity index (χ1) is 10.0. The third-order valence-corrected chi connectivity index (χ3v) is 3.43. The van der Waals surface area contributed by atoms with Crippen molar-refractivity contribution in [2.24, 2.45) is 0 Å². The monoisotopic (exact) mass is 332 g/mol. The molecule has 0 aromatic heterocycles. The Kier molecular flexibility index (Phi) is 5.20. The summed E-state index contributed by atoms with van der Waals surface area (Å²) in [7, 11) is 1.28. The highest BCUT2D eigenvalue weighted by molar-refractivity contribution is 6.39. The molecule has 0 saturated carbocycles. The lowest BCUT2D eigenvalue weighted by molar-refractivity contribution is -0.0430. The summed E-state index contributed by atoms with van der Waals surface area (Å²) < 4.78 is 20.8. The molecule has 114 valence electrons. The van der Waals surface area contributed by atoms with Crippen molar-refractivity contribution < 1.29 is 23.7 Å². The van der Waals surface area contributed by atoms with E-state index in [0.717, 1.165) is 0 Å². The van der Waals surface area contributed by atoms with Crippen LogP contribution in [-0.4, -0.2) is 26.0 Å². The van der Waals surface area contributed by atoms with Gasteiger partial charge in [-0.1, -0.05) is 23.2 Å². The number of esters is 1. The summed E-state index contributed by atoms with van der Waals surface area (Å²) >= 11 is 12.2. The van der Waals surface area contributed by atoms with Crippen molar-refractivity contribution in [1.82, 2.24) is 0 Å². The van der Waals surface area contributed by atoms with Gasteiger partial charge in [-0.2, -0.15) is 0 Å². The number of allylic oxidation sites excluding steroid dienone is 1. The fourth-order valence-electron chi connectivity index (χ4n) is 1.75. The highest BCUT2D eigenvalue weighted by atomic mass is 35.5. The van der Waals surface area contributed by atoms with Gasteiger partial charge < -0.3 is 18.9 Å². The van der Waals surface area contributed by atoms with Crippen molar-refractivity contribution >= 4 is 29.2 Å². The van der Waals surface area contributed by atoms with Gasteiger partial charge in [0.05, 0.1) is 35.7 Å². The van der Waals surface area contributed by atoms with Gasteiger partial charge in [0.2, 0.25) is 6.29 Å². The van der Waals surface area contributed by atoms with E-state index in [4.69, 9.17) is 37.4 Å². The highest BCUT2D eigenvalue weighted by Crippen LogP contribution is 2.36. The Morgan fingerprint density at radius 1 is 1.38 bits per heavy atom. The minimum Gasteiger partial charge on any atom is -0.490 e. The van der Waals surface area contributed by atoms with Gasteiger partial charge in [-0.05, 0) is 19.1 Å². The van der Waals surface area contributed by atoms with E-state index in [-0.39, 0.29) is 29.2 Å². The minimum atomic E-state index is -0.552. The molecule has 1 aromatic carbocycles. The maximum atomic E-state index is 11.6. The fraction of sp³-hybridized carbons (Fsp3) is 0.357. The molecule has 1 unspecified atom stereocenters. The van der Waals surface area contributed by atoms with Crippen LogP contribution in [0.2, 0.25) is 10.0 Å². The molecule has 0 saturated heterocycles. The molecule has 0 amide bonds. The van der Waals surface area contributed by atoms with Crippen molar-refractivity contribution in [3.05, 3.63) is 39.8 Å². The summed E-state index contributed by atoms with van der Waals surface area (Å²) in [5.41, 5.74) is 0.199. The van der Waals surface area contributed by atoms with E-state index in [1.165, 1.54) is 19.2 Å². The maximum absolute atomic E-state index is 11.6. The summed E-state index contributed by atoms with van der Waals surface area (Å²) in [6.45, 7) is 2.07. The number of methoxy groups -OCH3 is 1. The summed E-state index contributed by atoms with van der Waals surface area (Å²) in [5, 5.41) is 0.437. The Morgan fingerprint density at radius 2 is 2.14 bits per heavy atom. The second kappa shape index (κ2) is 6.91. The van der Waals surface area contributed by atoms with Gasteiger partial charge in [0.1, 0.15) is 12.0 Å². The van der Waals surface area contributed by atoms with E-state index in [2.05, 4.69) is 4.74 Å². The van der Waals surface area contributed by atoms with Gasteiger partial charge in [-0.25, -0.2) is 4.79 Å². The molecule has 0 N–H and O–H groups in total. The molecule has 0 radical (unpaired) electrons. The first-order valence-electron chi connectivity index (χ1n) is 6.21. The molecule has 1 aromatic rings. The number of ether oxygens (including phenoxy) is 4. The summed E-state index contributed by atoms with van der Waals surface area (Å²) in [6.07, 6.45) is 1.65. The lowest BCUT2D eigenvalue weighted by Gasteiger charge is -2.14. The van der Waals surface area contributed by atoms with Crippen LogP contribution in [-0.2, 0) is 14.2 Å². The molecule has 0 spiro atoms. The minimum absolute atomic E-state index is 0.122. The van der Waals surface area contributed by atoms with E-state index in [1.54, 1.807) is 13.2 Å². The number of rotatable bonds is 5. The standard InChI is InChI=1S/C14H14Cl2O5/c1-8-7-20-11(21-8)5-6-19-13-10(15)4-3-9(12(13)16)14(17)18-2/h3-4,7,11H,5-6H2,1-2H3. The highest BCUT2D eigenvalue weighted by Gasteiger charge is 2.20. The summed E-state index contributed by atoms with van der Waals surface area (Å²) in [4.78, 5) is 11.6. The molecule has 1 aliphatic rings. The summed E-state index contributed by atoms with van der Waals surface area (Å²) in [6, 6.07) is 3.02. The van der Waals surface area contributed by atoms with Gasteiger partial charge in [0.15, 0.2) is 5.75 Å². The first kappa shape index (κ1) is 15.8. The lowest BCUT2D eigenvalue weighted by Crippen LogP contribution is -2.13. The van der Waals surface area contributed by atoms with Gasteiger partial charge in [0.25, 0.3) is 0 Å². The van der Waals surface area contributed by atoms with Crippen molar-refractivity contribution in [1.29, 1.82) is 0 Å².